The lowest BCUT2D eigenvalue weighted by atomic mass is 10.1. The fraction of sp³-hybridized carbons (Fsp3) is 0.188. The molecule has 2 aromatic rings. The SMILES string of the molecule is Cc1cccc(C)c1OCC(=O)N/N=C\c1ccccn1. The topological polar surface area (TPSA) is 63.6 Å². The maximum Gasteiger partial charge on any atom is 0.277 e. The first-order chi connectivity index (χ1) is 10.2. The van der Waals surface area contributed by atoms with Crippen LogP contribution in [0, 0.1) is 13.8 Å². The Hall–Kier alpha value is -2.69. The largest absolute Gasteiger partial charge is 0.483 e. The molecule has 0 aliphatic heterocycles. The molecular formula is C16H17N3O2. The Kier molecular flexibility index (Phi) is 5.04. The van der Waals surface area contributed by atoms with Gasteiger partial charge in [0, 0.05) is 6.20 Å². The number of ether oxygens (including phenoxy) is 1. The smallest absolute Gasteiger partial charge is 0.277 e. The van der Waals surface area contributed by atoms with Gasteiger partial charge in [-0.2, -0.15) is 5.10 Å². The van der Waals surface area contributed by atoms with E-state index in [2.05, 4.69) is 15.5 Å². The van der Waals surface area contributed by atoms with Gasteiger partial charge in [0.1, 0.15) is 5.75 Å². The van der Waals surface area contributed by atoms with Crippen LogP contribution >= 0.6 is 0 Å². The summed E-state index contributed by atoms with van der Waals surface area (Å²) in [5.74, 6) is 0.422. The van der Waals surface area contributed by atoms with Crippen LogP contribution in [0.5, 0.6) is 5.75 Å². The van der Waals surface area contributed by atoms with Gasteiger partial charge in [0.25, 0.3) is 5.91 Å². The van der Waals surface area contributed by atoms with E-state index in [1.54, 1.807) is 12.3 Å². The van der Waals surface area contributed by atoms with Gasteiger partial charge < -0.3 is 4.74 Å². The van der Waals surface area contributed by atoms with Crippen molar-refractivity contribution in [3.8, 4) is 5.75 Å². The third-order valence-corrected chi connectivity index (χ3v) is 2.83. The minimum atomic E-state index is -0.315. The lowest BCUT2D eigenvalue weighted by Crippen LogP contribution is -2.25. The number of nitrogens with one attached hydrogen (secondary N) is 1. The Morgan fingerprint density at radius 3 is 2.67 bits per heavy atom. The van der Waals surface area contributed by atoms with Crippen LogP contribution in [-0.2, 0) is 4.79 Å². The van der Waals surface area contributed by atoms with Crippen LogP contribution < -0.4 is 10.2 Å². The standard InChI is InChI=1S/C16H17N3O2/c1-12-6-5-7-13(2)16(12)21-11-15(20)19-18-10-14-8-3-4-9-17-14/h3-10H,11H2,1-2H3,(H,19,20)/b18-10-. The van der Waals surface area contributed by atoms with Crippen LogP contribution in [0.1, 0.15) is 16.8 Å². The number of amides is 1. The highest BCUT2D eigenvalue weighted by Crippen LogP contribution is 2.21. The number of nitrogens with zero attached hydrogens (tertiary/aromatic N) is 2. The minimum Gasteiger partial charge on any atom is -0.483 e. The first-order valence-corrected chi connectivity index (χ1v) is 6.59. The molecule has 1 aromatic carbocycles. The Morgan fingerprint density at radius 2 is 2.00 bits per heavy atom. The summed E-state index contributed by atoms with van der Waals surface area (Å²) in [7, 11) is 0. The quantitative estimate of drug-likeness (QED) is 0.676. The van der Waals surface area contributed by atoms with Gasteiger partial charge in [0.05, 0.1) is 11.9 Å². The predicted octanol–water partition coefficient (Wildman–Crippen LogP) is 2.23. The maximum absolute atomic E-state index is 11.7. The summed E-state index contributed by atoms with van der Waals surface area (Å²) in [4.78, 5) is 15.7. The molecule has 0 unspecified atom stereocenters. The summed E-state index contributed by atoms with van der Waals surface area (Å²) in [5.41, 5.74) is 5.08. The molecule has 0 aliphatic rings. The number of pyridine rings is 1. The molecule has 5 heteroatoms. The monoisotopic (exact) mass is 283 g/mol. The van der Waals surface area contributed by atoms with E-state index in [1.807, 2.05) is 44.2 Å². The molecule has 0 saturated heterocycles. The number of benzene rings is 1. The molecule has 0 radical (unpaired) electrons. The molecule has 0 bridgehead atoms. The third-order valence-electron chi connectivity index (χ3n) is 2.83. The van der Waals surface area contributed by atoms with Crippen LogP contribution in [0.25, 0.3) is 0 Å². The van der Waals surface area contributed by atoms with E-state index in [0.29, 0.717) is 5.69 Å². The number of carbonyl (C=O) groups excluding carboxylic acids is 1. The molecule has 1 N–H and O–H groups in total. The second kappa shape index (κ2) is 7.19. The summed E-state index contributed by atoms with van der Waals surface area (Å²) in [6.45, 7) is 3.81. The molecule has 2 rings (SSSR count). The van der Waals surface area contributed by atoms with E-state index in [1.165, 1.54) is 6.21 Å². The normalized spacial score (nSPS) is 10.6. The molecule has 1 heterocycles. The number of rotatable bonds is 5. The first kappa shape index (κ1) is 14.7. The summed E-state index contributed by atoms with van der Waals surface area (Å²) < 4.78 is 5.53. The van der Waals surface area contributed by atoms with E-state index in [0.717, 1.165) is 16.9 Å². The molecule has 0 atom stereocenters. The van der Waals surface area contributed by atoms with Crippen LogP contribution in [0.2, 0.25) is 0 Å². The number of hydrogen-bond donors (Lipinski definition) is 1. The highest BCUT2D eigenvalue weighted by atomic mass is 16.5. The number of aryl methyl sites for hydroxylation is 2. The number of para-hydroxylation sites is 1. The number of hydrazone groups is 1. The Bertz CT molecular complexity index is 619. The predicted molar refractivity (Wildman–Crippen MR) is 81.4 cm³/mol. The van der Waals surface area contributed by atoms with E-state index >= 15 is 0 Å². The van der Waals surface area contributed by atoms with Gasteiger partial charge in [0.2, 0.25) is 0 Å². The Balaban J connectivity index is 1.84. The van der Waals surface area contributed by atoms with Crippen molar-refractivity contribution >= 4 is 12.1 Å². The zero-order valence-electron chi connectivity index (χ0n) is 12.0. The minimum absolute atomic E-state index is 0.0781. The van der Waals surface area contributed by atoms with Gasteiger partial charge >= 0.3 is 0 Å². The highest BCUT2D eigenvalue weighted by molar-refractivity contribution is 5.81. The van der Waals surface area contributed by atoms with Crippen LogP contribution in [0.3, 0.4) is 0 Å². The van der Waals surface area contributed by atoms with E-state index in [4.69, 9.17) is 4.74 Å². The van der Waals surface area contributed by atoms with Gasteiger partial charge in [-0.25, -0.2) is 5.43 Å². The van der Waals surface area contributed by atoms with E-state index < -0.39 is 0 Å². The van der Waals surface area contributed by atoms with Crippen LogP contribution in [-0.4, -0.2) is 23.7 Å². The third kappa shape index (κ3) is 4.42. The second-order valence-electron chi connectivity index (χ2n) is 4.56. The van der Waals surface area contributed by atoms with Crippen molar-refractivity contribution in [2.75, 3.05) is 6.61 Å². The first-order valence-electron chi connectivity index (χ1n) is 6.59. The van der Waals surface area contributed by atoms with Crippen molar-refractivity contribution in [2.24, 2.45) is 5.10 Å². The molecule has 1 amide bonds. The molecule has 1 aromatic heterocycles. The Morgan fingerprint density at radius 1 is 1.24 bits per heavy atom. The van der Waals surface area contributed by atoms with Crippen molar-refractivity contribution in [2.45, 2.75) is 13.8 Å². The lowest BCUT2D eigenvalue weighted by Gasteiger charge is -2.10. The molecule has 0 aliphatic carbocycles. The zero-order chi connectivity index (χ0) is 15.1. The second-order valence-corrected chi connectivity index (χ2v) is 4.56. The van der Waals surface area contributed by atoms with E-state index in [9.17, 15) is 4.79 Å². The molecule has 0 spiro atoms. The fourth-order valence-electron chi connectivity index (χ4n) is 1.82. The van der Waals surface area contributed by atoms with Crippen molar-refractivity contribution in [3.05, 3.63) is 59.4 Å². The van der Waals surface area contributed by atoms with Gasteiger partial charge in [0.15, 0.2) is 6.61 Å². The summed E-state index contributed by atoms with van der Waals surface area (Å²) in [6.07, 6.45) is 3.14. The van der Waals surface area contributed by atoms with Gasteiger partial charge in [-0.05, 0) is 37.1 Å². The molecule has 108 valence electrons. The van der Waals surface area contributed by atoms with Crippen molar-refractivity contribution in [1.82, 2.24) is 10.4 Å². The number of aromatic nitrogens is 1. The van der Waals surface area contributed by atoms with Crippen molar-refractivity contribution in [1.29, 1.82) is 0 Å². The van der Waals surface area contributed by atoms with Crippen LogP contribution in [0.15, 0.2) is 47.7 Å². The average Bonchev–Trinajstić information content (AvgIpc) is 2.48. The summed E-state index contributed by atoms with van der Waals surface area (Å²) in [5, 5.41) is 3.83. The fourth-order valence-corrected chi connectivity index (χ4v) is 1.82. The summed E-state index contributed by atoms with van der Waals surface area (Å²) >= 11 is 0. The van der Waals surface area contributed by atoms with Gasteiger partial charge in [-0.1, -0.05) is 24.3 Å². The summed E-state index contributed by atoms with van der Waals surface area (Å²) in [6, 6.07) is 11.3. The lowest BCUT2D eigenvalue weighted by molar-refractivity contribution is -0.123. The zero-order valence-corrected chi connectivity index (χ0v) is 12.0. The van der Waals surface area contributed by atoms with E-state index in [-0.39, 0.29) is 12.5 Å². The highest BCUT2D eigenvalue weighted by Gasteiger charge is 2.06. The van der Waals surface area contributed by atoms with Gasteiger partial charge in [-0.15, -0.1) is 0 Å². The molecule has 21 heavy (non-hydrogen) atoms. The van der Waals surface area contributed by atoms with Crippen molar-refractivity contribution < 1.29 is 9.53 Å². The van der Waals surface area contributed by atoms with Crippen molar-refractivity contribution in [3.63, 3.8) is 0 Å². The van der Waals surface area contributed by atoms with Gasteiger partial charge in [-0.3, -0.25) is 9.78 Å². The molecule has 0 fully saturated rings. The molecular weight excluding hydrogens is 266 g/mol. The maximum atomic E-state index is 11.7. The Labute approximate surface area is 123 Å². The molecule has 5 nitrogen and oxygen atoms in total. The van der Waals surface area contributed by atoms with Crippen LogP contribution in [0.4, 0.5) is 0 Å². The number of hydrogen-bond acceptors (Lipinski definition) is 4. The number of carbonyl (C=O) groups is 1. The average molecular weight is 283 g/mol. The molecule has 0 saturated carbocycles.